The molecular weight excluding hydrogens is 298 g/mol. The number of aliphatic hydroxyl groups is 1. The van der Waals surface area contributed by atoms with Gasteiger partial charge in [0.2, 0.25) is 0 Å². The van der Waals surface area contributed by atoms with Gasteiger partial charge in [0.1, 0.15) is 0 Å². The van der Waals surface area contributed by atoms with E-state index in [4.69, 9.17) is 19.7 Å². The van der Waals surface area contributed by atoms with Crippen molar-refractivity contribution in [3.63, 3.8) is 0 Å². The summed E-state index contributed by atoms with van der Waals surface area (Å²) in [7, 11) is 0. The van der Waals surface area contributed by atoms with Crippen molar-refractivity contribution in [1.82, 2.24) is 5.32 Å². The molecule has 0 rings (SSSR count). The fourth-order valence-corrected chi connectivity index (χ4v) is 1.45. The van der Waals surface area contributed by atoms with Crippen molar-refractivity contribution >= 4 is 23.8 Å². The molecule has 9 nitrogen and oxygen atoms in total. The van der Waals surface area contributed by atoms with Gasteiger partial charge in [0.05, 0.1) is 13.2 Å². The molecule has 0 aliphatic heterocycles. The van der Waals surface area contributed by atoms with Crippen LogP contribution in [0.25, 0.3) is 0 Å². The molecular formula is C13H21NO8. The summed E-state index contributed by atoms with van der Waals surface area (Å²) >= 11 is 0. The molecule has 0 fully saturated rings. The largest absolute Gasteiger partial charge is 0.479 e. The van der Waals surface area contributed by atoms with E-state index in [9.17, 15) is 19.2 Å². The lowest BCUT2D eigenvalue weighted by atomic mass is 10.0. The molecule has 0 aromatic heterocycles. The summed E-state index contributed by atoms with van der Waals surface area (Å²) in [5.41, 5.74) is -1.92. The van der Waals surface area contributed by atoms with Crippen molar-refractivity contribution in [3.8, 4) is 0 Å². The Labute approximate surface area is 127 Å². The lowest BCUT2D eigenvalue weighted by Gasteiger charge is -2.28. The average molecular weight is 319 g/mol. The number of rotatable bonds is 8. The van der Waals surface area contributed by atoms with Crippen molar-refractivity contribution in [3.05, 3.63) is 0 Å². The summed E-state index contributed by atoms with van der Waals surface area (Å²) in [6.45, 7) is 3.83. The van der Waals surface area contributed by atoms with Crippen LogP contribution in [-0.4, -0.2) is 58.9 Å². The van der Waals surface area contributed by atoms with Crippen LogP contribution in [0, 0.1) is 5.92 Å². The maximum Gasteiger partial charge on any atom is 0.331 e. The molecule has 0 bridgehead atoms. The molecule has 1 amide bonds. The summed E-state index contributed by atoms with van der Waals surface area (Å²) in [4.78, 5) is 45.1. The Balaban J connectivity index is 5.09. The molecule has 0 aromatic carbocycles. The zero-order valence-electron chi connectivity index (χ0n) is 12.9. The van der Waals surface area contributed by atoms with E-state index in [0.29, 0.717) is 0 Å². The van der Waals surface area contributed by atoms with Crippen LogP contribution in [0.2, 0.25) is 0 Å². The summed E-state index contributed by atoms with van der Waals surface area (Å²) in [5.74, 6) is -4.38. The molecule has 0 unspecified atom stereocenters. The number of esters is 2. The van der Waals surface area contributed by atoms with Gasteiger partial charge in [-0.05, 0) is 6.92 Å². The van der Waals surface area contributed by atoms with Crippen LogP contribution < -0.4 is 5.32 Å². The molecule has 0 aliphatic carbocycles. The zero-order chi connectivity index (χ0) is 17.5. The molecule has 0 saturated carbocycles. The van der Waals surface area contributed by atoms with Crippen molar-refractivity contribution in [1.29, 1.82) is 0 Å². The summed E-state index contributed by atoms with van der Waals surface area (Å²) < 4.78 is 9.60. The van der Waals surface area contributed by atoms with Gasteiger partial charge >= 0.3 is 17.9 Å². The maximum absolute atomic E-state index is 12.1. The first-order valence-electron chi connectivity index (χ1n) is 6.50. The highest BCUT2D eigenvalue weighted by Crippen LogP contribution is 2.12. The third kappa shape index (κ3) is 6.08. The second-order valence-electron chi connectivity index (χ2n) is 5.09. The highest BCUT2D eigenvalue weighted by atomic mass is 16.6. The topological polar surface area (TPSA) is 139 Å². The van der Waals surface area contributed by atoms with E-state index in [1.807, 2.05) is 0 Å². The van der Waals surface area contributed by atoms with E-state index >= 15 is 0 Å². The number of aliphatic hydroxyl groups excluding tert-OH is 1. The first-order valence-corrected chi connectivity index (χ1v) is 6.50. The number of hydrogen-bond donors (Lipinski definition) is 3. The Morgan fingerprint density at radius 2 is 1.73 bits per heavy atom. The molecule has 9 heteroatoms. The predicted octanol–water partition coefficient (Wildman–Crippen LogP) is -0.931. The van der Waals surface area contributed by atoms with Crippen molar-refractivity contribution < 1.29 is 38.9 Å². The Bertz CT molecular complexity index is 449. The summed E-state index contributed by atoms with van der Waals surface area (Å²) in [6, 6.07) is 0. The Hall–Kier alpha value is -2.16. The smallest absolute Gasteiger partial charge is 0.331 e. The quantitative estimate of drug-likeness (QED) is 0.488. The summed E-state index contributed by atoms with van der Waals surface area (Å²) in [6.07, 6.45) is -1.36. The van der Waals surface area contributed by atoms with E-state index in [0.717, 1.165) is 13.8 Å². The highest BCUT2D eigenvalue weighted by Gasteiger charge is 2.38. The van der Waals surface area contributed by atoms with Gasteiger partial charge < -0.3 is 25.0 Å². The molecule has 0 heterocycles. The Morgan fingerprint density at radius 3 is 2.09 bits per heavy atom. The van der Waals surface area contributed by atoms with Gasteiger partial charge in [-0.15, -0.1) is 0 Å². The molecule has 3 atom stereocenters. The Morgan fingerprint density at radius 1 is 1.18 bits per heavy atom. The van der Waals surface area contributed by atoms with Gasteiger partial charge in [-0.1, -0.05) is 6.92 Å². The van der Waals surface area contributed by atoms with Crippen LogP contribution >= 0.6 is 0 Å². The number of amides is 1. The van der Waals surface area contributed by atoms with Crippen LogP contribution in [0.3, 0.4) is 0 Å². The van der Waals surface area contributed by atoms with Crippen LogP contribution in [-0.2, 0) is 28.7 Å². The molecule has 0 aliphatic rings. The lowest BCUT2D eigenvalue weighted by Crippen LogP contribution is -2.58. The number of carboxylic acid groups (broad SMARTS) is 1. The molecule has 0 saturated heterocycles. The zero-order valence-corrected chi connectivity index (χ0v) is 12.9. The standard InChI is InChI=1S/C13H21NO8/c1-7(5-21-8(2)16)10(22-9(3)17)11(18)14-13(4,6-15)12(19)20/h7,10,15H,5-6H2,1-4H3,(H,14,18)(H,19,20)/t7-,10+,13-/m0/s1. The molecule has 0 spiro atoms. The van der Waals surface area contributed by atoms with Crippen molar-refractivity contribution in [2.45, 2.75) is 39.3 Å². The minimum absolute atomic E-state index is 0.191. The molecule has 0 radical (unpaired) electrons. The van der Waals surface area contributed by atoms with E-state index in [2.05, 4.69) is 5.32 Å². The number of carboxylic acids is 1. The Kier molecular flexibility index (Phi) is 7.51. The first kappa shape index (κ1) is 19.8. The third-order valence-electron chi connectivity index (χ3n) is 2.80. The second kappa shape index (κ2) is 8.32. The molecule has 0 aromatic rings. The minimum Gasteiger partial charge on any atom is -0.479 e. The van der Waals surface area contributed by atoms with Crippen LogP contribution in [0.4, 0.5) is 0 Å². The van der Waals surface area contributed by atoms with E-state index in [-0.39, 0.29) is 6.61 Å². The minimum atomic E-state index is -1.92. The number of carbonyl (C=O) groups is 4. The SMILES string of the molecule is CC(=O)OC[C@H](C)[C@@H](OC(C)=O)C(=O)N[C@@](C)(CO)C(=O)O. The molecule has 22 heavy (non-hydrogen) atoms. The average Bonchev–Trinajstić information content (AvgIpc) is 2.41. The number of nitrogens with one attached hydrogen (secondary N) is 1. The molecule has 126 valence electrons. The van der Waals surface area contributed by atoms with E-state index in [1.165, 1.54) is 13.8 Å². The maximum atomic E-state index is 12.1. The normalized spacial score (nSPS) is 15.9. The number of aliphatic carboxylic acids is 1. The van der Waals surface area contributed by atoms with Crippen LogP contribution in [0.15, 0.2) is 0 Å². The van der Waals surface area contributed by atoms with E-state index < -0.39 is 48.0 Å². The van der Waals surface area contributed by atoms with Crippen LogP contribution in [0.1, 0.15) is 27.7 Å². The number of ether oxygens (including phenoxy) is 2. The van der Waals surface area contributed by atoms with Gasteiger partial charge in [0, 0.05) is 19.8 Å². The van der Waals surface area contributed by atoms with Gasteiger partial charge in [-0.25, -0.2) is 4.79 Å². The van der Waals surface area contributed by atoms with E-state index in [1.54, 1.807) is 0 Å². The highest BCUT2D eigenvalue weighted by molar-refractivity contribution is 5.90. The van der Waals surface area contributed by atoms with Crippen LogP contribution in [0.5, 0.6) is 0 Å². The third-order valence-corrected chi connectivity index (χ3v) is 2.80. The van der Waals surface area contributed by atoms with Gasteiger partial charge in [0.25, 0.3) is 5.91 Å². The van der Waals surface area contributed by atoms with Gasteiger partial charge in [-0.3, -0.25) is 14.4 Å². The summed E-state index contributed by atoms with van der Waals surface area (Å²) in [5, 5.41) is 20.2. The number of carbonyl (C=O) groups excluding carboxylic acids is 3. The first-order chi connectivity index (χ1) is 10.0. The molecule has 3 N–H and O–H groups in total. The fraction of sp³-hybridized carbons (Fsp3) is 0.692. The lowest BCUT2D eigenvalue weighted by molar-refractivity contribution is -0.162. The van der Waals surface area contributed by atoms with Gasteiger partial charge in [-0.2, -0.15) is 0 Å². The second-order valence-corrected chi connectivity index (χ2v) is 5.09. The predicted molar refractivity (Wildman–Crippen MR) is 72.6 cm³/mol. The van der Waals surface area contributed by atoms with Crippen molar-refractivity contribution in [2.24, 2.45) is 5.92 Å². The number of hydrogen-bond acceptors (Lipinski definition) is 7. The monoisotopic (exact) mass is 319 g/mol. The van der Waals surface area contributed by atoms with Crippen molar-refractivity contribution in [2.75, 3.05) is 13.2 Å². The van der Waals surface area contributed by atoms with Gasteiger partial charge in [0.15, 0.2) is 11.6 Å². The fourth-order valence-electron chi connectivity index (χ4n) is 1.45.